The highest BCUT2D eigenvalue weighted by atomic mass is 16.6. The molecule has 2 amide bonds. The van der Waals surface area contributed by atoms with E-state index in [1.54, 1.807) is 6.20 Å². The fraction of sp³-hybridized carbons (Fsp3) is 0.500. The molecule has 3 aliphatic rings. The minimum Gasteiger partial charge on any atom is -0.444 e. The van der Waals surface area contributed by atoms with Crippen molar-refractivity contribution >= 4 is 23.8 Å². The molecule has 1 aromatic heterocycles. The monoisotopic (exact) mass is 504 g/mol. The molecule has 2 fully saturated rings. The van der Waals surface area contributed by atoms with Crippen LogP contribution in [0.3, 0.4) is 0 Å². The summed E-state index contributed by atoms with van der Waals surface area (Å²) in [6.45, 7) is 11.6. The average Bonchev–Trinajstić information content (AvgIpc) is 2.90. The van der Waals surface area contributed by atoms with Crippen molar-refractivity contribution in [3.8, 4) is 0 Å². The van der Waals surface area contributed by atoms with Crippen LogP contribution >= 0.6 is 0 Å². The van der Waals surface area contributed by atoms with Gasteiger partial charge in [-0.1, -0.05) is 37.3 Å². The van der Waals surface area contributed by atoms with Crippen molar-refractivity contribution < 1.29 is 14.3 Å². The molecule has 1 aromatic carbocycles. The Labute approximate surface area is 218 Å². The number of hydrogen-bond donors (Lipinski definition) is 1. The molecule has 1 aliphatic carbocycles. The average molecular weight is 505 g/mol. The van der Waals surface area contributed by atoms with E-state index < -0.39 is 0 Å². The summed E-state index contributed by atoms with van der Waals surface area (Å²) < 4.78 is 5.18. The SMILES string of the molecule is C=CC(=O)N1CCN(C(c2ccc([C@H](C)Nc3ncc4c(n3)N(CC)C(=O)OC4)cc2)C2CCC2)CC1. The molecule has 2 atom stereocenters. The summed E-state index contributed by atoms with van der Waals surface area (Å²) in [5.74, 6) is 1.79. The van der Waals surface area contributed by atoms with Gasteiger partial charge in [0, 0.05) is 45.0 Å². The van der Waals surface area contributed by atoms with Gasteiger partial charge in [-0.05, 0) is 49.8 Å². The first-order chi connectivity index (χ1) is 18.0. The Hall–Kier alpha value is -3.46. The predicted molar refractivity (Wildman–Crippen MR) is 142 cm³/mol. The number of nitrogens with zero attached hydrogens (tertiary/aromatic N) is 5. The number of aromatic nitrogens is 2. The number of fused-ring (bicyclic) bond motifs is 1. The third-order valence-corrected chi connectivity index (χ3v) is 7.90. The molecule has 37 heavy (non-hydrogen) atoms. The highest BCUT2D eigenvalue weighted by Gasteiger charge is 2.35. The van der Waals surface area contributed by atoms with E-state index in [4.69, 9.17) is 4.74 Å². The molecule has 1 saturated carbocycles. The number of cyclic esters (lactones) is 1. The summed E-state index contributed by atoms with van der Waals surface area (Å²) in [6.07, 6.45) is 6.57. The summed E-state index contributed by atoms with van der Waals surface area (Å²) in [5, 5.41) is 3.39. The number of carbonyl (C=O) groups excluding carboxylic acids is 2. The Balaban J connectivity index is 1.27. The van der Waals surface area contributed by atoms with Gasteiger partial charge in [-0.15, -0.1) is 0 Å². The smallest absolute Gasteiger partial charge is 0.415 e. The highest BCUT2D eigenvalue weighted by Crippen LogP contribution is 2.42. The van der Waals surface area contributed by atoms with E-state index in [1.165, 1.54) is 35.8 Å². The van der Waals surface area contributed by atoms with Crippen LogP contribution in [0.25, 0.3) is 0 Å². The van der Waals surface area contributed by atoms with Crippen LogP contribution in [0.2, 0.25) is 0 Å². The maximum Gasteiger partial charge on any atom is 0.415 e. The van der Waals surface area contributed by atoms with Gasteiger partial charge in [-0.3, -0.25) is 14.6 Å². The number of carbonyl (C=O) groups is 2. The van der Waals surface area contributed by atoms with E-state index in [-0.39, 0.29) is 24.6 Å². The number of rotatable bonds is 8. The van der Waals surface area contributed by atoms with Gasteiger partial charge in [0.2, 0.25) is 11.9 Å². The predicted octanol–water partition coefficient (Wildman–Crippen LogP) is 4.30. The molecular weight excluding hydrogens is 468 g/mol. The molecule has 9 nitrogen and oxygen atoms in total. The zero-order valence-electron chi connectivity index (χ0n) is 21.7. The molecule has 9 heteroatoms. The van der Waals surface area contributed by atoms with Gasteiger partial charge in [-0.25, -0.2) is 9.78 Å². The van der Waals surface area contributed by atoms with Crippen molar-refractivity contribution in [1.82, 2.24) is 19.8 Å². The molecule has 0 bridgehead atoms. The number of nitrogens with one attached hydrogen (secondary N) is 1. The fourth-order valence-electron chi connectivity index (χ4n) is 5.53. The summed E-state index contributed by atoms with van der Waals surface area (Å²) in [6, 6.07) is 9.25. The van der Waals surface area contributed by atoms with E-state index in [1.807, 2.05) is 11.8 Å². The molecule has 1 unspecified atom stereocenters. The maximum absolute atomic E-state index is 12.1. The maximum atomic E-state index is 12.1. The molecule has 196 valence electrons. The number of anilines is 2. The van der Waals surface area contributed by atoms with Gasteiger partial charge >= 0.3 is 6.09 Å². The second kappa shape index (κ2) is 10.9. The Kier molecular flexibility index (Phi) is 7.41. The van der Waals surface area contributed by atoms with Crippen molar-refractivity contribution in [2.24, 2.45) is 5.92 Å². The summed E-state index contributed by atoms with van der Waals surface area (Å²) in [4.78, 5) is 39.1. The molecule has 5 rings (SSSR count). The van der Waals surface area contributed by atoms with Gasteiger partial charge < -0.3 is 15.0 Å². The number of amides is 2. The van der Waals surface area contributed by atoms with Crippen LogP contribution in [0, 0.1) is 5.92 Å². The van der Waals surface area contributed by atoms with Crippen LogP contribution in [0.15, 0.2) is 43.1 Å². The number of piperazine rings is 1. The first-order valence-electron chi connectivity index (χ1n) is 13.3. The van der Waals surface area contributed by atoms with Crippen molar-refractivity contribution in [3.05, 3.63) is 59.8 Å². The second-order valence-electron chi connectivity index (χ2n) is 10.1. The quantitative estimate of drug-likeness (QED) is 0.536. The third kappa shape index (κ3) is 5.18. The normalized spacial score (nSPS) is 19.9. The van der Waals surface area contributed by atoms with Crippen molar-refractivity contribution in [3.63, 3.8) is 0 Å². The molecule has 0 radical (unpaired) electrons. The van der Waals surface area contributed by atoms with E-state index in [2.05, 4.69) is 58.0 Å². The van der Waals surface area contributed by atoms with Crippen LogP contribution < -0.4 is 10.2 Å². The fourth-order valence-corrected chi connectivity index (χ4v) is 5.53. The lowest BCUT2D eigenvalue weighted by Crippen LogP contribution is -2.51. The van der Waals surface area contributed by atoms with E-state index in [0.29, 0.717) is 30.3 Å². The minimum absolute atomic E-state index is 0.00617. The molecule has 1 N–H and O–H groups in total. The number of hydrogen-bond acceptors (Lipinski definition) is 7. The van der Waals surface area contributed by atoms with Crippen LogP contribution in [-0.2, 0) is 16.1 Å². The molecule has 0 spiro atoms. The molecule has 2 aliphatic heterocycles. The lowest BCUT2D eigenvalue weighted by Gasteiger charge is -2.45. The third-order valence-electron chi connectivity index (χ3n) is 7.90. The minimum atomic E-state index is -0.377. The Bertz CT molecular complexity index is 1140. The van der Waals surface area contributed by atoms with Crippen molar-refractivity contribution in [2.75, 3.05) is 42.9 Å². The summed E-state index contributed by atoms with van der Waals surface area (Å²) in [5.41, 5.74) is 3.29. The van der Waals surface area contributed by atoms with Gasteiger partial charge in [0.05, 0.1) is 11.6 Å². The van der Waals surface area contributed by atoms with Crippen LogP contribution in [0.4, 0.5) is 16.6 Å². The summed E-state index contributed by atoms with van der Waals surface area (Å²) >= 11 is 0. The number of benzene rings is 1. The number of ether oxygens (including phenoxy) is 1. The highest BCUT2D eigenvalue weighted by molar-refractivity contribution is 5.89. The van der Waals surface area contributed by atoms with Crippen molar-refractivity contribution in [2.45, 2.75) is 51.8 Å². The lowest BCUT2D eigenvalue weighted by molar-refractivity contribution is -0.128. The van der Waals surface area contributed by atoms with E-state index in [0.717, 1.165) is 37.3 Å². The van der Waals surface area contributed by atoms with Gasteiger partial charge in [0.25, 0.3) is 0 Å². The first kappa shape index (κ1) is 25.2. The topological polar surface area (TPSA) is 90.9 Å². The van der Waals surface area contributed by atoms with Crippen molar-refractivity contribution in [1.29, 1.82) is 0 Å². The first-order valence-corrected chi connectivity index (χ1v) is 13.3. The summed E-state index contributed by atoms with van der Waals surface area (Å²) in [7, 11) is 0. The molecule has 3 heterocycles. The standard InChI is InChI=1S/C28H36N6O3/c1-4-24(35)32-13-15-33(16-14-32)25(21-7-6-8-21)22-11-9-20(10-12-22)19(3)30-27-29-17-23-18-37-28(36)34(5-2)26(23)31-27/h4,9-12,17,19,21,25H,1,5-8,13-16,18H2,2-3H3,(H,29,30,31)/t19-,25?/m0/s1. The zero-order valence-corrected chi connectivity index (χ0v) is 21.7. The van der Waals surface area contributed by atoms with Crippen LogP contribution in [0.1, 0.15) is 61.9 Å². The lowest BCUT2D eigenvalue weighted by atomic mass is 9.76. The molecule has 2 aromatic rings. The van der Waals surface area contributed by atoms with Gasteiger partial charge in [0.1, 0.15) is 12.4 Å². The zero-order chi connectivity index (χ0) is 25.9. The second-order valence-corrected chi connectivity index (χ2v) is 10.1. The van der Waals surface area contributed by atoms with Crippen LogP contribution in [-0.4, -0.2) is 64.5 Å². The molecular formula is C28H36N6O3. The Morgan fingerprint density at radius 1 is 1.19 bits per heavy atom. The molecule has 1 saturated heterocycles. The largest absolute Gasteiger partial charge is 0.444 e. The van der Waals surface area contributed by atoms with E-state index >= 15 is 0 Å². The Morgan fingerprint density at radius 3 is 2.51 bits per heavy atom. The van der Waals surface area contributed by atoms with E-state index in [9.17, 15) is 9.59 Å². The Morgan fingerprint density at radius 2 is 1.89 bits per heavy atom. The van der Waals surface area contributed by atoms with Gasteiger partial charge in [-0.2, -0.15) is 4.98 Å². The van der Waals surface area contributed by atoms with Crippen LogP contribution in [0.5, 0.6) is 0 Å². The van der Waals surface area contributed by atoms with Gasteiger partial charge in [0.15, 0.2) is 0 Å².